The fourth-order valence-corrected chi connectivity index (χ4v) is 3.49. The molecule has 0 bridgehead atoms. The molecular formula is C16H15Cl2NO2S. The fraction of sp³-hybridized carbons (Fsp3) is 0.250. The maximum atomic E-state index is 12.5. The standard InChI is InChI=1S/C16H15Cl2NO2S/c1-9(12-5-4-11(17)8-13(12)18)19(3)16(21)15-7-6-14(22-15)10(2)20/h4-9H,1-3H3/t9-/m0/s1. The van der Waals surface area contributed by atoms with Gasteiger partial charge in [-0.25, -0.2) is 0 Å². The van der Waals surface area contributed by atoms with Crippen LogP contribution in [0.5, 0.6) is 0 Å². The van der Waals surface area contributed by atoms with Gasteiger partial charge in [-0.3, -0.25) is 9.59 Å². The van der Waals surface area contributed by atoms with Gasteiger partial charge in [0.15, 0.2) is 5.78 Å². The van der Waals surface area contributed by atoms with Gasteiger partial charge in [0.1, 0.15) is 0 Å². The van der Waals surface area contributed by atoms with Crippen molar-refractivity contribution in [1.82, 2.24) is 4.90 Å². The second kappa shape index (κ2) is 6.82. The summed E-state index contributed by atoms with van der Waals surface area (Å²) in [6.07, 6.45) is 0. The minimum absolute atomic E-state index is 0.0412. The van der Waals surface area contributed by atoms with Crippen molar-refractivity contribution in [3.8, 4) is 0 Å². The van der Waals surface area contributed by atoms with Crippen LogP contribution in [0.1, 0.15) is 44.8 Å². The van der Waals surface area contributed by atoms with Crippen LogP contribution in [-0.2, 0) is 0 Å². The van der Waals surface area contributed by atoms with Crippen LogP contribution < -0.4 is 0 Å². The van der Waals surface area contributed by atoms with Crippen molar-refractivity contribution in [1.29, 1.82) is 0 Å². The van der Waals surface area contributed by atoms with E-state index in [0.29, 0.717) is 19.8 Å². The summed E-state index contributed by atoms with van der Waals surface area (Å²) in [6.45, 7) is 3.38. The fourth-order valence-electron chi connectivity index (χ4n) is 2.04. The van der Waals surface area contributed by atoms with Gasteiger partial charge < -0.3 is 4.90 Å². The van der Waals surface area contributed by atoms with Gasteiger partial charge in [-0.15, -0.1) is 11.3 Å². The van der Waals surface area contributed by atoms with Crippen LogP contribution in [0.3, 0.4) is 0 Å². The number of carbonyl (C=O) groups is 2. The first-order chi connectivity index (χ1) is 10.3. The second-order valence-electron chi connectivity index (χ2n) is 4.98. The Balaban J connectivity index is 2.23. The van der Waals surface area contributed by atoms with Crippen molar-refractivity contribution < 1.29 is 9.59 Å². The summed E-state index contributed by atoms with van der Waals surface area (Å²) in [4.78, 5) is 26.6. The van der Waals surface area contributed by atoms with Crippen molar-refractivity contribution in [2.75, 3.05) is 7.05 Å². The van der Waals surface area contributed by atoms with Crippen LogP contribution >= 0.6 is 34.5 Å². The van der Waals surface area contributed by atoms with E-state index in [1.165, 1.54) is 18.3 Å². The molecule has 0 fully saturated rings. The Hall–Kier alpha value is -1.36. The zero-order valence-electron chi connectivity index (χ0n) is 12.4. The van der Waals surface area contributed by atoms with Crippen LogP contribution in [0.4, 0.5) is 0 Å². The Morgan fingerprint density at radius 1 is 1.14 bits per heavy atom. The van der Waals surface area contributed by atoms with Gasteiger partial charge in [-0.1, -0.05) is 29.3 Å². The molecule has 1 amide bonds. The van der Waals surface area contributed by atoms with E-state index >= 15 is 0 Å². The van der Waals surface area contributed by atoms with E-state index in [4.69, 9.17) is 23.2 Å². The van der Waals surface area contributed by atoms with Crippen molar-refractivity contribution in [2.24, 2.45) is 0 Å². The van der Waals surface area contributed by atoms with Gasteiger partial charge in [0.05, 0.1) is 15.8 Å². The van der Waals surface area contributed by atoms with Gasteiger partial charge in [-0.05, 0) is 43.7 Å². The largest absolute Gasteiger partial charge is 0.334 e. The topological polar surface area (TPSA) is 37.4 Å². The molecular weight excluding hydrogens is 341 g/mol. The highest BCUT2D eigenvalue weighted by Gasteiger charge is 2.22. The SMILES string of the molecule is CC(=O)c1ccc(C(=O)N(C)[C@@H](C)c2ccc(Cl)cc2Cl)s1. The third-order valence-corrected chi connectivity index (χ3v) is 5.21. The lowest BCUT2D eigenvalue weighted by atomic mass is 10.1. The molecule has 116 valence electrons. The number of ketones is 1. The van der Waals surface area contributed by atoms with Crippen molar-refractivity contribution >= 4 is 46.2 Å². The number of benzene rings is 1. The molecule has 2 rings (SSSR count). The zero-order chi connectivity index (χ0) is 16.4. The van der Waals surface area contributed by atoms with Crippen molar-refractivity contribution in [2.45, 2.75) is 19.9 Å². The van der Waals surface area contributed by atoms with Gasteiger partial charge in [0.2, 0.25) is 0 Å². The molecule has 22 heavy (non-hydrogen) atoms. The van der Waals surface area contributed by atoms with E-state index in [9.17, 15) is 9.59 Å². The molecule has 0 spiro atoms. The lowest BCUT2D eigenvalue weighted by Crippen LogP contribution is -2.29. The number of Topliss-reactive ketones (excluding diaryl/α,β-unsaturated/α-hetero) is 1. The second-order valence-corrected chi connectivity index (χ2v) is 6.91. The molecule has 1 atom stereocenters. The maximum Gasteiger partial charge on any atom is 0.264 e. The minimum Gasteiger partial charge on any atom is -0.334 e. The van der Waals surface area contributed by atoms with Crippen molar-refractivity contribution in [3.63, 3.8) is 0 Å². The lowest BCUT2D eigenvalue weighted by molar-refractivity contribution is 0.0747. The van der Waals surface area contributed by atoms with E-state index in [1.807, 2.05) is 13.0 Å². The average molecular weight is 356 g/mol. The first kappa shape index (κ1) is 17.0. The molecule has 0 aliphatic rings. The molecule has 1 aromatic carbocycles. The molecule has 0 aliphatic carbocycles. The average Bonchev–Trinajstić information content (AvgIpc) is 2.95. The zero-order valence-corrected chi connectivity index (χ0v) is 14.7. The maximum absolute atomic E-state index is 12.5. The van der Waals surface area contributed by atoms with Crippen LogP contribution in [0.15, 0.2) is 30.3 Å². The number of thiophene rings is 1. The molecule has 0 unspecified atom stereocenters. The predicted molar refractivity (Wildman–Crippen MR) is 91.3 cm³/mol. The molecule has 6 heteroatoms. The summed E-state index contributed by atoms with van der Waals surface area (Å²) in [5.74, 6) is -0.184. The number of carbonyl (C=O) groups excluding carboxylic acids is 2. The van der Waals surface area contributed by atoms with Gasteiger partial charge in [0.25, 0.3) is 5.91 Å². The number of hydrogen-bond donors (Lipinski definition) is 0. The molecule has 0 radical (unpaired) electrons. The summed E-state index contributed by atoms with van der Waals surface area (Å²) in [7, 11) is 1.71. The molecule has 0 aliphatic heterocycles. The summed E-state index contributed by atoms with van der Waals surface area (Å²) >= 11 is 13.3. The first-order valence-electron chi connectivity index (χ1n) is 6.64. The first-order valence-corrected chi connectivity index (χ1v) is 8.21. The van der Waals surface area contributed by atoms with E-state index in [0.717, 1.165) is 5.56 Å². The third kappa shape index (κ3) is 3.51. The summed E-state index contributed by atoms with van der Waals surface area (Å²) in [6, 6.07) is 8.36. The van der Waals surface area contributed by atoms with E-state index in [1.54, 1.807) is 36.2 Å². The number of halogens is 2. The molecule has 3 nitrogen and oxygen atoms in total. The quantitative estimate of drug-likeness (QED) is 0.716. The Morgan fingerprint density at radius 3 is 2.32 bits per heavy atom. The Labute approximate surface area is 143 Å². The summed E-state index contributed by atoms with van der Waals surface area (Å²) < 4.78 is 0. The Kier molecular flexibility index (Phi) is 5.27. The van der Waals surface area contributed by atoms with Gasteiger partial charge in [-0.2, -0.15) is 0 Å². The highest BCUT2D eigenvalue weighted by atomic mass is 35.5. The highest BCUT2D eigenvalue weighted by Crippen LogP contribution is 2.30. The number of nitrogens with zero attached hydrogens (tertiary/aromatic N) is 1. The molecule has 0 N–H and O–H groups in total. The van der Waals surface area contributed by atoms with Gasteiger partial charge >= 0.3 is 0 Å². The normalized spacial score (nSPS) is 12.0. The van der Waals surface area contributed by atoms with Crippen LogP contribution in [0.2, 0.25) is 10.0 Å². The van der Waals surface area contributed by atoms with E-state index < -0.39 is 0 Å². The monoisotopic (exact) mass is 355 g/mol. The van der Waals surface area contributed by atoms with Gasteiger partial charge in [0, 0.05) is 17.1 Å². The summed E-state index contributed by atoms with van der Waals surface area (Å²) in [5.41, 5.74) is 0.824. The highest BCUT2D eigenvalue weighted by molar-refractivity contribution is 7.15. The number of rotatable bonds is 4. The third-order valence-electron chi connectivity index (χ3n) is 3.48. The molecule has 0 saturated heterocycles. The Bertz CT molecular complexity index is 727. The van der Waals surface area contributed by atoms with Crippen LogP contribution in [0.25, 0.3) is 0 Å². The predicted octanol–water partition coefficient (Wildman–Crippen LogP) is 5.09. The van der Waals surface area contributed by atoms with Crippen molar-refractivity contribution in [3.05, 3.63) is 55.7 Å². The molecule has 1 aromatic heterocycles. The van der Waals surface area contributed by atoms with Crippen LogP contribution in [0, 0.1) is 0 Å². The smallest absolute Gasteiger partial charge is 0.264 e. The van der Waals surface area contributed by atoms with Crippen LogP contribution in [-0.4, -0.2) is 23.6 Å². The molecule has 2 aromatic rings. The van der Waals surface area contributed by atoms with E-state index in [-0.39, 0.29) is 17.7 Å². The number of hydrogen-bond acceptors (Lipinski definition) is 3. The minimum atomic E-state index is -0.208. The molecule has 1 heterocycles. The van der Waals surface area contributed by atoms with E-state index in [2.05, 4.69) is 0 Å². The molecule has 0 saturated carbocycles. The Morgan fingerprint density at radius 2 is 1.77 bits per heavy atom. The number of amides is 1. The summed E-state index contributed by atoms with van der Waals surface area (Å²) in [5, 5.41) is 1.08. The lowest BCUT2D eigenvalue weighted by Gasteiger charge is -2.25.